The summed E-state index contributed by atoms with van der Waals surface area (Å²) in [6, 6.07) is 13.2. The molecule has 4 aliphatic heterocycles. The number of unbranched alkanes of at least 4 members (excludes halogenated alkanes) is 4. The van der Waals surface area contributed by atoms with Crippen LogP contribution in [0.2, 0.25) is 0 Å². The van der Waals surface area contributed by atoms with Gasteiger partial charge in [-0.2, -0.15) is 5.10 Å². The average Bonchev–Trinajstić information content (AvgIpc) is 3.83. The van der Waals surface area contributed by atoms with Crippen LogP contribution >= 0.6 is 0 Å². The molecule has 2 aromatic carbocycles. The summed E-state index contributed by atoms with van der Waals surface area (Å²) >= 11 is 0. The fraction of sp³-hybridized carbons (Fsp3) is 0.510. The van der Waals surface area contributed by atoms with Crippen LogP contribution in [0.1, 0.15) is 145 Å². The molecule has 6 heterocycles. The van der Waals surface area contributed by atoms with Crippen molar-refractivity contribution in [1.82, 2.24) is 34.6 Å². The van der Waals surface area contributed by atoms with Crippen molar-refractivity contribution in [3.8, 4) is 11.8 Å². The van der Waals surface area contributed by atoms with Crippen molar-refractivity contribution in [3.63, 3.8) is 0 Å². The second kappa shape index (κ2) is 22.5. The molecule has 15 heteroatoms. The molecular formula is C51H65N9O6. The molecule has 4 aliphatic rings. The zero-order valence-electron chi connectivity index (χ0n) is 38.9. The molecule has 3 fully saturated rings. The Morgan fingerprint density at radius 2 is 1.73 bits per heavy atom. The molecule has 4 amide bonds. The van der Waals surface area contributed by atoms with Gasteiger partial charge in [0.25, 0.3) is 11.8 Å². The minimum absolute atomic E-state index is 0.0819. The van der Waals surface area contributed by atoms with E-state index in [2.05, 4.69) is 69.3 Å². The van der Waals surface area contributed by atoms with Crippen LogP contribution in [0.4, 0.5) is 11.5 Å². The molecule has 0 spiro atoms. The summed E-state index contributed by atoms with van der Waals surface area (Å²) in [5.74, 6) is 6.91. The average molecular weight is 900 g/mol. The molecule has 8 rings (SSSR count). The number of nitrogens with zero attached hydrogens (tertiary/aromatic N) is 6. The van der Waals surface area contributed by atoms with E-state index in [1.807, 2.05) is 36.4 Å². The van der Waals surface area contributed by atoms with Gasteiger partial charge in [-0.05, 0) is 131 Å². The Kier molecular flexibility index (Phi) is 16.4. The molecule has 66 heavy (non-hydrogen) atoms. The summed E-state index contributed by atoms with van der Waals surface area (Å²) in [5.41, 5.74) is 13.3. The molecule has 0 bridgehead atoms. The highest BCUT2D eigenvalue weighted by atomic mass is 16.5. The predicted octanol–water partition coefficient (Wildman–Crippen LogP) is 6.30. The summed E-state index contributed by atoms with van der Waals surface area (Å²) in [7, 11) is 3.79. The molecule has 1 unspecified atom stereocenters. The van der Waals surface area contributed by atoms with Crippen molar-refractivity contribution >= 4 is 46.9 Å². The van der Waals surface area contributed by atoms with Gasteiger partial charge >= 0.3 is 0 Å². The Bertz CT molecular complexity index is 2440. The largest absolute Gasteiger partial charge is 0.382 e. The van der Waals surface area contributed by atoms with Crippen LogP contribution in [0.15, 0.2) is 48.8 Å². The molecule has 1 atom stereocenters. The number of carbonyl (C=O) groups is 5. The smallest absolute Gasteiger partial charge is 0.259 e. The number of nitrogens with one attached hydrogen (secondary N) is 2. The number of aldehydes is 1. The van der Waals surface area contributed by atoms with Crippen molar-refractivity contribution in [2.75, 3.05) is 57.9 Å². The number of methoxy groups -OCH3 is 1. The first-order chi connectivity index (χ1) is 31.9. The van der Waals surface area contributed by atoms with Crippen LogP contribution in [0.5, 0.6) is 0 Å². The maximum atomic E-state index is 13.6. The second-order valence-electron chi connectivity index (χ2n) is 18.4. The van der Waals surface area contributed by atoms with E-state index in [4.69, 9.17) is 10.5 Å². The number of rotatable bonds is 14. The molecule has 0 radical (unpaired) electrons. The number of nitrogens with two attached hydrogens (primary N) is 1. The van der Waals surface area contributed by atoms with Gasteiger partial charge in [0.1, 0.15) is 24.2 Å². The molecule has 350 valence electrons. The number of fused-ring (bicyclic) bond motifs is 2. The van der Waals surface area contributed by atoms with Gasteiger partial charge in [-0.25, -0.2) is 9.50 Å². The van der Waals surface area contributed by atoms with E-state index in [1.54, 1.807) is 16.5 Å². The number of imide groups is 1. The standard InChI is InChI=1S/C26H32N6O2.C25H33N3O4/c1-17(2)23-21(10-7-18-11-13-31(3)14-12-18)22(24-25(27)28-16-29-32(23)24)26(33)30-20-8-5-19(6-9-20)15-34-4;29-15-5-3-1-2-4-12-27-13-10-18(11-14-27)19-6-7-20-17-28(25(32)21(20)16-19)22-8-9-23(30)26-24(22)31/h5-6,8-9,16-18H,11-15H2,1-4H3,(H,30,33)(H2,27,28,29);6-7,15-16,18,22H,1-5,8-14,17H2,(H,26,30,31). The SMILES string of the molecule is COCc1ccc(NC(=O)c2c(C#CC3CCN(C)CC3)c(C(C)C)n3ncnc(N)c23)cc1.O=CCCCCCCN1CCC(c2ccc3c(c2)C(=O)N(C2CCC(=O)NC2=O)C3)CC1. The van der Waals surface area contributed by atoms with E-state index in [-0.39, 0.29) is 41.8 Å². The van der Waals surface area contributed by atoms with Crippen molar-refractivity contribution in [2.24, 2.45) is 5.92 Å². The highest BCUT2D eigenvalue weighted by Gasteiger charge is 2.39. The third-order valence-electron chi connectivity index (χ3n) is 13.4. The first kappa shape index (κ1) is 48.0. The van der Waals surface area contributed by atoms with Gasteiger partial charge in [0.15, 0.2) is 5.82 Å². The topological polar surface area (TPSA) is 185 Å². The maximum Gasteiger partial charge on any atom is 0.259 e. The Balaban J connectivity index is 0.000000197. The molecule has 4 aromatic rings. The number of benzene rings is 2. The van der Waals surface area contributed by atoms with E-state index in [1.165, 1.54) is 24.7 Å². The number of carbonyl (C=O) groups excluding carboxylic acids is 5. The molecule has 0 aliphatic carbocycles. The second-order valence-corrected chi connectivity index (χ2v) is 18.4. The van der Waals surface area contributed by atoms with Crippen LogP contribution in [0, 0.1) is 17.8 Å². The molecular weight excluding hydrogens is 835 g/mol. The molecule has 4 N–H and O–H groups in total. The van der Waals surface area contributed by atoms with Crippen LogP contribution in [-0.4, -0.2) is 112 Å². The lowest BCUT2D eigenvalue weighted by atomic mass is 9.88. The first-order valence-electron chi connectivity index (χ1n) is 23.6. The predicted molar refractivity (Wildman–Crippen MR) is 254 cm³/mol. The van der Waals surface area contributed by atoms with E-state index in [9.17, 15) is 24.0 Å². The summed E-state index contributed by atoms with van der Waals surface area (Å²) in [6.45, 7) is 10.4. The van der Waals surface area contributed by atoms with E-state index in [0.29, 0.717) is 65.7 Å². The van der Waals surface area contributed by atoms with Crippen molar-refractivity contribution in [2.45, 2.75) is 116 Å². The normalized spacial score (nSPS) is 18.4. The lowest BCUT2D eigenvalue weighted by Gasteiger charge is -2.32. The monoisotopic (exact) mass is 900 g/mol. The van der Waals surface area contributed by atoms with Gasteiger partial charge in [-0.15, -0.1) is 0 Å². The lowest BCUT2D eigenvalue weighted by molar-refractivity contribution is -0.137. The number of nitrogen functional groups attached to an aromatic ring is 1. The number of aromatic nitrogens is 3. The molecule has 0 saturated carbocycles. The number of ether oxygens (including phenoxy) is 1. The molecule has 15 nitrogen and oxygen atoms in total. The quantitative estimate of drug-likeness (QED) is 0.0559. The number of hydrogen-bond acceptors (Lipinski definition) is 11. The fourth-order valence-corrected chi connectivity index (χ4v) is 9.62. The minimum atomic E-state index is -0.558. The maximum absolute atomic E-state index is 13.6. The number of amides is 4. The Morgan fingerprint density at radius 3 is 2.42 bits per heavy atom. The van der Waals surface area contributed by atoms with Gasteiger partial charge < -0.3 is 35.3 Å². The minimum Gasteiger partial charge on any atom is -0.382 e. The third-order valence-corrected chi connectivity index (χ3v) is 13.4. The lowest BCUT2D eigenvalue weighted by Crippen LogP contribution is -2.52. The number of hydrogen-bond donors (Lipinski definition) is 3. The van der Waals surface area contributed by atoms with Crippen LogP contribution in [-0.2, 0) is 32.3 Å². The summed E-state index contributed by atoms with van der Waals surface area (Å²) < 4.78 is 6.89. The van der Waals surface area contributed by atoms with Crippen molar-refractivity contribution in [3.05, 3.63) is 87.9 Å². The first-order valence-corrected chi connectivity index (χ1v) is 23.6. The van der Waals surface area contributed by atoms with Crippen LogP contribution in [0.3, 0.4) is 0 Å². The van der Waals surface area contributed by atoms with Gasteiger partial charge in [0.2, 0.25) is 11.8 Å². The van der Waals surface area contributed by atoms with Crippen molar-refractivity contribution in [1.29, 1.82) is 0 Å². The highest BCUT2D eigenvalue weighted by molar-refractivity contribution is 6.13. The summed E-state index contributed by atoms with van der Waals surface area (Å²) in [6.07, 6.45) is 12.5. The van der Waals surface area contributed by atoms with E-state index in [0.717, 1.165) is 94.4 Å². The van der Waals surface area contributed by atoms with E-state index >= 15 is 0 Å². The van der Waals surface area contributed by atoms with E-state index < -0.39 is 6.04 Å². The number of piperidine rings is 3. The van der Waals surface area contributed by atoms with Gasteiger partial charge in [0, 0.05) is 43.7 Å². The summed E-state index contributed by atoms with van der Waals surface area (Å²) in [5, 5.41) is 9.79. The van der Waals surface area contributed by atoms with Crippen LogP contribution in [0.25, 0.3) is 5.52 Å². The Hall–Kier alpha value is -5.95. The third kappa shape index (κ3) is 11.5. The molecule has 2 aromatic heterocycles. The van der Waals surface area contributed by atoms with Gasteiger partial charge in [0.05, 0.1) is 23.4 Å². The fourth-order valence-electron chi connectivity index (χ4n) is 9.62. The van der Waals surface area contributed by atoms with Gasteiger partial charge in [-0.1, -0.05) is 62.8 Å². The zero-order valence-corrected chi connectivity index (χ0v) is 38.9. The van der Waals surface area contributed by atoms with Gasteiger partial charge in [-0.3, -0.25) is 24.5 Å². The van der Waals surface area contributed by atoms with Crippen molar-refractivity contribution < 1.29 is 28.7 Å². The summed E-state index contributed by atoms with van der Waals surface area (Å²) in [4.78, 5) is 71.3. The number of likely N-dealkylation sites (tertiary alicyclic amines) is 2. The highest BCUT2D eigenvalue weighted by Crippen LogP contribution is 2.35. The number of anilines is 2. The molecule has 3 saturated heterocycles. The Morgan fingerprint density at radius 1 is 0.985 bits per heavy atom. The van der Waals surface area contributed by atoms with Crippen LogP contribution < -0.4 is 16.4 Å². The Labute approximate surface area is 388 Å². The zero-order chi connectivity index (χ0) is 46.7.